The highest BCUT2D eigenvalue weighted by Gasteiger charge is 2.33. The monoisotopic (exact) mass is 464 g/mol. The Kier molecular flexibility index (Phi) is 7.09. The maximum absolute atomic E-state index is 13.4. The van der Waals surface area contributed by atoms with E-state index in [1.807, 2.05) is 32.9 Å². The quantitative estimate of drug-likeness (QED) is 0.481. The van der Waals surface area contributed by atoms with Crippen molar-refractivity contribution in [3.8, 4) is 11.3 Å². The first kappa shape index (κ1) is 23.7. The normalized spacial score (nSPS) is 18.9. The molecule has 9 nitrogen and oxygen atoms in total. The molecule has 9 heteroatoms. The molecule has 0 spiro atoms. The van der Waals surface area contributed by atoms with Crippen LogP contribution in [0.25, 0.3) is 11.3 Å². The maximum atomic E-state index is 13.4. The van der Waals surface area contributed by atoms with Crippen molar-refractivity contribution in [2.45, 2.75) is 65.8 Å². The standard InChI is InChI=1S/C25H32N6O3/c1-5-20-19(13-34-31-20)24(32)28-23(17-8-6-14(2)7-9-17)25(33)27-18-10-11-21(26-12-18)22-15(3)29-30-16(22)4/h10-14,17,23H,5-9H2,1-4H3,(H,27,33)(H,28,32)(H,29,30). The summed E-state index contributed by atoms with van der Waals surface area (Å²) in [6, 6.07) is 3.03. The molecule has 1 fully saturated rings. The van der Waals surface area contributed by atoms with Gasteiger partial charge in [-0.2, -0.15) is 5.10 Å². The molecule has 1 unspecified atom stereocenters. The zero-order valence-electron chi connectivity index (χ0n) is 20.1. The van der Waals surface area contributed by atoms with Crippen molar-refractivity contribution in [2.75, 3.05) is 5.32 Å². The number of carbonyl (C=O) groups is 2. The molecule has 3 aromatic heterocycles. The van der Waals surface area contributed by atoms with Gasteiger partial charge in [0.25, 0.3) is 5.91 Å². The van der Waals surface area contributed by atoms with E-state index in [-0.39, 0.29) is 17.7 Å². The number of carbonyl (C=O) groups excluding carboxylic acids is 2. The smallest absolute Gasteiger partial charge is 0.257 e. The molecule has 0 aliphatic heterocycles. The number of amides is 2. The van der Waals surface area contributed by atoms with Gasteiger partial charge in [0.15, 0.2) is 0 Å². The number of nitrogens with one attached hydrogen (secondary N) is 3. The van der Waals surface area contributed by atoms with Crippen LogP contribution in [0.3, 0.4) is 0 Å². The molecule has 0 saturated heterocycles. The van der Waals surface area contributed by atoms with Crippen LogP contribution in [0.15, 0.2) is 29.1 Å². The number of anilines is 1. The maximum Gasteiger partial charge on any atom is 0.257 e. The number of hydrogen-bond acceptors (Lipinski definition) is 6. The van der Waals surface area contributed by atoms with Crippen molar-refractivity contribution in [3.05, 3.63) is 47.2 Å². The van der Waals surface area contributed by atoms with Crippen molar-refractivity contribution >= 4 is 17.5 Å². The summed E-state index contributed by atoms with van der Waals surface area (Å²) >= 11 is 0. The molecule has 2 amide bonds. The largest absolute Gasteiger partial charge is 0.364 e. The highest BCUT2D eigenvalue weighted by atomic mass is 16.5. The van der Waals surface area contributed by atoms with Crippen molar-refractivity contribution in [2.24, 2.45) is 11.8 Å². The lowest BCUT2D eigenvalue weighted by Crippen LogP contribution is -2.49. The number of nitrogens with zero attached hydrogens (tertiary/aromatic N) is 3. The van der Waals surface area contributed by atoms with Gasteiger partial charge in [-0.25, -0.2) is 0 Å². The van der Waals surface area contributed by atoms with E-state index < -0.39 is 6.04 Å². The fraction of sp³-hybridized carbons (Fsp3) is 0.480. The molecular weight excluding hydrogens is 432 g/mol. The van der Waals surface area contributed by atoms with Crippen LogP contribution in [0.1, 0.15) is 67.0 Å². The Hall–Kier alpha value is -3.49. The van der Waals surface area contributed by atoms with Gasteiger partial charge in [-0.05, 0) is 57.1 Å². The topological polar surface area (TPSA) is 126 Å². The number of H-pyrrole nitrogens is 1. The first-order valence-corrected chi connectivity index (χ1v) is 11.9. The lowest BCUT2D eigenvalue weighted by atomic mass is 9.79. The number of aryl methyl sites for hydroxylation is 3. The highest BCUT2D eigenvalue weighted by molar-refractivity contribution is 6.01. The first-order chi connectivity index (χ1) is 16.4. The molecule has 0 bridgehead atoms. The molecule has 4 rings (SSSR count). The van der Waals surface area contributed by atoms with Gasteiger partial charge in [0.1, 0.15) is 17.9 Å². The second kappa shape index (κ2) is 10.2. The van der Waals surface area contributed by atoms with Crippen LogP contribution in [-0.2, 0) is 11.2 Å². The van der Waals surface area contributed by atoms with Crippen LogP contribution in [0.4, 0.5) is 5.69 Å². The average molecular weight is 465 g/mol. The van der Waals surface area contributed by atoms with Crippen LogP contribution >= 0.6 is 0 Å². The van der Waals surface area contributed by atoms with Gasteiger partial charge in [0.2, 0.25) is 5.91 Å². The fourth-order valence-electron chi connectivity index (χ4n) is 4.70. The van der Waals surface area contributed by atoms with E-state index >= 15 is 0 Å². The molecule has 3 aromatic rings. The minimum absolute atomic E-state index is 0.0635. The molecular formula is C25H32N6O3. The Balaban J connectivity index is 1.51. The van der Waals surface area contributed by atoms with Crippen LogP contribution in [0.2, 0.25) is 0 Å². The lowest BCUT2D eigenvalue weighted by Gasteiger charge is -2.32. The van der Waals surface area contributed by atoms with Crippen LogP contribution in [-0.4, -0.2) is 38.2 Å². The predicted octanol–water partition coefficient (Wildman–Crippen LogP) is 4.20. The Labute approximate surface area is 199 Å². The summed E-state index contributed by atoms with van der Waals surface area (Å²) in [5.74, 6) is 0.115. The summed E-state index contributed by atoms with van der Waals surface area (Å²) in [7, 11) is 0. The highest BCUT2D eigenvalue weighted by Crippen LogP contribution is 2.31. The molecule has 1 aliphatic carbocycles. The zero-order chi connectivity index (χ0) is 24.2. The van der Waals surface area contributed by atoms with Gasteiger partial charge in [0.05, 0.1) is 29.0 Å². The number of rotatable bonds is 7. The van der Waals surface area contributed by atoms with Crippen molar-refractivity contribution < 1.29 is 14.1 Å². The third-order valence-corrected chi connectivity index (χ3v) is 6.74. The molecule has 0 radical (unpaired) electrons. The lowest BCUT2D eigenvalue weighted by molar-refractivity contribution is -0.119. The summed E-state index contributed by atoms with van der Waals surface area (Å²) in [6.45, 7) is 8.01. The Morgan fingerprint density at radius 3 is 2.59 bits per heavy atom. The van der Waals surface area contributed by atoms with Gasteiger partial charge in [-0.3, -0.25) is 19.7 Å². The summed E-state index contributed by atoms with van der Waals surface area (Å²) in [6.07, 6.45) is 7.41. The second-order valence-electron chi connectivity index (χ2n) is 9.23. The number of hydrogen-bond donors (Lipinski definition) is 3. The van der Waals surface area contributed by atoms with E-state index in [0.29, 0.717) is 29.3 Å². The van der Waals surface area contributed by atoms with E-state index in [0.717, 1.165) is 48.3 Å². The van der Waals surface area contributed by atoms with E-state index in [9.17, 15) is 9.59 Å². The summed E-state index contributed by atoms with van der Waals surface area (Å²) in [5.41, 5.74) is 5.09. The summed E-state index contributed by atoms with van der Waals surface area (Å²) in [5, 5.41) is 17.0. The minimum Gasteiger partial charge on any atom is -0.364 e. The molecule has 0 aromatic carbocycles. The van der Waals surface area contributed by atoms with E-state index in [1.165, 1.54) is 6.26 Å². The fourth-order valence-corrected chi connectivity index (χ4v) is 4.70. The number of aromatic nitrogens is 4. The van der Waals surface area contributed by atoms with Crippen molar-refractivity contribution in [1.82, 2.24) is 25.7 Å². The minimum atomic E-state index is -0.655. The molecule has 3 N–H and O–H groups in total. The van der Waals surface area contributed by atoms with Gasteiger partial charge in [-0.15, -0.1) is 0 Å². The molecule has 1 aliphatic rings. The van der Waals surface area contributed by atoms with Gasteiger partial charge < -0.3 is 15.2 Å². The predicted molar refractivity (Wildman–Crippen MR) is 128 cm³/mol. The SMILES string of the molecule is CCc1nocc1C(=O)NC(C(=O)Nc1ccc(-c2c(C)n[nH]c2C)nc1)C1CCC(C)CC1. The van der Waals surface area contributed by atoms with E-state index in [4.69, 9.17) is 4.52 Å². The van der Waals surface area contributed by atoms with E-state index in [1.54, 1.807) is 6.20 Å². The molecule has 180 valence electrons. The van der Waals surface area contributed by atoms with Crippen LogP contribution < -0.4 is 10.6 Å². The average Bonchev–Trinajstić information content (AvgIpc) is 3.45. The Morgan fingerprint density at radius 1 is 1.21 bits per heavy atom. The van der Waals surface area contributed by atoms with Gasteiger partial charge in [-0.1, -0.05) is 31.8 Å². The van der Waals surface area contributed by atoms with Gasteiger partial charge >= 0.3 is 0 Å². The van der Waals surface area contributed by atoms with Crippen molar-refractivity contribution in [3.63, 3.8) is 0 Å². The summed E-state index contributed by atoms with van der Waals surface area (Å²) in [4.78, 5) is 30.9. The molecule has 1 atom stereocenters. The van der Waals surface area contributed by atoms with Crippen LogP contribution in [0.5, 0.6) is 0 Å². The first-order valence-electron chi connectivity index (χ1n) is 11.9. The molecule has 1 saturated carbocycles. The van der Waals surface area contributed by atoms with Gasteiger partial charge in [0, 0.05) is 11.3 Å². The number of pyridine rings is 1. The third kappa shape index (κ3) is 5.03. The molecule has 3 heterocycles. The Bertz CT molecular complexity index is 1120. The Morgan fingerprint density at radius 2 is 1.97 bits per heavy atom. The third-order valence-electron chi connectivity index (χ3n) is 6.74. The zero-order valence-corrected chi connectivity index (χ0v) is 20.1. The summed E-state index contributed by atoms with van der Waals surface area (Å²) < 4.78 is 4.99. The second-order valence-corrected chi connectivity index (χ2v) is 9.23. The van der Waals surface area contributed by atoms with Crippen LogP contribution in [0, 0.1) is 25.7 Å². The van der Waals surface area contributed by atoms with E-state index in [2.05, 4.69) is 37.9 Å². The van der Waals surface area contributed by atoms with Crippen molar-refractivity contribution in [1.29, 1.82) is 0 Å². The number of aromatic amines is 1. The molecule has 34 heavy (non-hydrogen) atoms.